The Bertz CT molecular complexity index is 1610. The Morgan fingerprint density at radius 3 is 2.20 bits per heavy atom. The number of aryl methyl sites for hydroxylation is 1. The average Bonchev–Trinajstić information content (AvgIpc) is 3.38. The molecule has 4 aromatic rings. The first-order valence-corrected chi connectivity index (χ1v) is 17.0. The van der Waals surface area contributed by atoms with E-state index in [1.165, 1.54) is 44.7 Å². The number of thiophene rings is 1. The topological polar surface area (TPSA) is 50.2 Å². The molecule has 0 aliphatic heterocycles. The van der Waals surface area contributed by atoms with Crippen molar-refractivity contribution in [1.29, 1.82) is 0 Å². The second-order valence-corrected chi connectivity index (χ2v) is 14.5. The molecule has 0 saturated heterocycles. The van der Waals surface area contributed by atoms with E-state index in [1.54, 1.807) is 11.1 Å². The van der Waals surface area contributed by atoms with Crippen LogP contribution < -0.4 is 0 Å². The Labute approximate surface area is 282 Å². The van der Waals surface area contributed by atoms with E-state index in [2.05, 4.69) is 65.0 Å². The van der Waals surface area contributed by atoms with Gasteiger partial charge < -0.3 is 10.1 Å². The van der Waals surface area contributed by atoms with Crippen molar-refractivity contribution in [1.82, 2.24) is 4.98 Å². The van der Waals surface area contributed by atoms with Crippen molar-refractivity contribution in [2.75, 3.05) is 0 Å². The molecule has 5 heteroatoms. The number of ketones is 1. The van der Waals surface area contributed by atoms with Crippen LogP contribution in [0.2, 0.25) is 0 Å². The Morgan fingerprint density at radius 2 is 1.61 bits per heavy atom. The van der Waals surface area contributed by atoms with Crippen molar-refractivity contribution in [3.05, 3.63) is 77.2 Å². The molecule has 3 nitrogen and oxygen atoms in total. The SMILES string of the molecule is CCC(CC)C(=O)/C=C(\O)C(CC)CC.Cc1cc2c(c3sc4c(-c5[c-]cccc5)nccc4c13)C(C)(C)CCC2(C)C.[Ir]. The summed E-state index contributed by atoms with van der Waals surface area (Å²) in [6.07, 6.45) is 9.34. The monoisotopic (exact) mass is 789 g/mol. The van der Waals surface area contributed by atoms with Crippen LogP contribution in [0.4, 0.5) is 0 Å². The van der Waals surface area contributed by atoms with Crippen LogP contribution in [-0.4, -0.2) is 15.9 Å². The van der Waals surface area contributed by atoms with E-state index in [-0.39, 0.29) is 54.3 Å². The molecule has 2 aromatic carbocycles. The first-order valence-electron chi connectivity index (χ1n) is 16.2. The molecule has 0 unspecified atom stereocenters. The second kappa shape index (κ2) is 14.8. The van der Waals surface area contributed by atoms with Crippen LogP contribution in [0.1, 0.15) is 111 Å². The van der Waals surface area contributed by atoms with E-state index in [1.807, 2.05) is 57.4 Å². The summed E-state index contributed by atoms with van der Waals surface area (Å²) >= 11 is 1.93. The number of carbonyl (C=O) groups is 1. The molecule has 0 spiro atoms. The molecular weight excluding hydrogens is 739 g/mol. The number of aromatic nitrogens is 1. The van der Waals surface area contributed by atoms with Gasteiger partial charge >= 0.3 is 0 Å². The molecule has 0 saturated carbocycles. The molecule has 2 heterocycles. The predicted molar refractivity (Wildman–Crippen MR) is 185 cm³/mol. The Balaban J connectivity index is 0.000000286. The third-order valence-electron chi connectivity index (χ3n) is 9.68. The van der Waals surface area contributed by atoms with Gasteiger partial charge in [0.25, 0.3) is 0 Å². The van der Waals surface area contributed by atoms with Crippen molar-refractivity contribution in [3.8, 4) is 11.3 Å². The van der Waals surface area contributed by atoms with E-state index in [4.69, 9.17) is 4.98 Å². The van der Waals surface area contributed by atoms with Crippen molar-refractivity contribution in [2.45, 2.75) is 112 Å². The molecule has 0 fully saturated rings. The molecule has 239 valence electrons. The van der Waals surface area contributed by atoms with E-state index < -0.39 is 0 Å². The third-order valence-corrected chi connectivity index (χ3v) is 10.9. The maximum absolute atomic E-state index is 11.7. The average molecular weight is 789 g/mol. The van der Waals surface area contributed by atoms with Crippen molar-refractivity contribution >= 4 is 37.3 Å². The van der Waals surface area contributed by atoms with E-state index >= 15 is 0 Å². The van der Waals surface area contributed by atoms with Crippen molar-refractivity contribution < 1.29 is 30.0 Å². The summed E-state index contributed by atoms with van der Waals surface area (Å²) in [5, 5.41) is 12.5. The van der Waals surface area contributed by atoms with E-state index in [0.29, 0.717) is 0 Å². The minimum atomic E-state index is 0. The summed E-state index contributed by atoms with van der Waals surface area (Å²) < 4.78 is 2.75. The molecule has 1 aliphatic rings. The maximum Gasteiger partial charge on any atom is 0.162 e. The number of rotatable bonds is 8. The molecule has 44 heavy (non-hydrogen) atoms. The second-order valence-electron chi connectivity index (χ2n) is 13.5. The fraction of sp³-hybridized carbons (Fsp3) is 0.487. The van der Waals surface area contributed by atoms with Crippen LogP contribution in [0.5, 0.6) is 0 Å². The predicted octanol–water partition coefficient (Wildman–Crippen LogP) is 11.4. The van der Waals surface area contributed by atoms with Gasteiger partial charge in [-0.3, -0.25) is 4.79 Å². The van der Waals surface area contributed by atoms with Gasteiger partial charge in [0, 0.05) is 64.7 Å². The zero-order valence-electron chi connectivity index (χ0n) is 28.1. The molecular formula is C39H50IrNO2S-. The van der Waals surface area contributed by atoms with Crippen LogP contribution in [0.3, 0.4) is 0 Å². The Morgan fingerprint density at radius 1 is 0.977 bits per heavy atom. The number of hydrogen-bond acceptors (Lipinski definition) is 4. The third kappa shape index (κ3) is 7.22. The maximum atomic E-state index is 11.7. The summed E-state index contributed by atoms with van der Waals surface area (Å²) in [7, 11) is 0. The molecule has 2 aromatic heterocycles. The van der Waals surface area contributed by atoms with Crippen LogP contribution in [0.15, 0.2) is 54.4 Å². The van der Waals surface area contributed by atoms with Gasteiger partial charge in [0.15, 0.2) is 5.78 Å². The fourth-order valence-electron chi connectivity index (χ4n) is 6.68. The van der Waals surface area contributed by atoms with Gasteiger partial charge in [-0.2, -0.15) is 0 Å². The van der Waals surface area contributed by atoms with Gasteiger partial charge in [0.1, 0.15) is 0 Å². The summed E-state index contributed by atoms with van der Waals surface area (Å²) in [5.74, 6) is 0.547. The summed E-state index contributed by atoms with van der Waals surface area (Å²) in [4.78, 5) is 16.5. The number of hydrogen-bond donors (Lipinski definition) is 1. The standard InChI is InChI=1S/C26H26NS.C13H24O2.Ir/c1-16-15-19-21(26(4,5)13-12-25(19,2)3)24-20(16)18-11-14-27-22(23(18)28-24)17-9-7-6-8-10-17;1-5-10(6-2)12(14)9-13(15)11(7-3)8-4;/h6-9,11,14-15H,12-13H2,1-5H3;9-11,14H,5-8H2,1-4H3;/q-1;;/b;12-9-;. The quantitative estimate of drug-likeness (QED) is 0.110. The Kier molecular flexibility index (Phi) is 12.2. The van der Waals surface area contributed by atoms with Crippen LogP contribution in [0.25, 0.3) is 31.4 Å². The molecule has 5 rings (SSSR count). The normalized spacial score (nSPS) is 15.6. The number of carbonyl (C=O) groups excluding carboxylic acids is 1. The van der Waals surface area contributed by atoms with Gasteiger partial charge in [-0.1, -0.05) is 61.5 Å². The summed E-state index contributed by atoms with van der Waals surface area (Å²) in [6.45, 7) is 20.0. The van der Waals surface area contributed by atoms with Gasteiger partial charge in [-0.25, -0.2) is 0 Å². The number of pyridine rings is 1. The molecule has 0 atom stereocenters. The van der Waals surface area contributed by atoms with E-state index in [0.717, 1.165) is 36.9 Å². The smallest absolute Gasteiger partial charge is 0.162 e. The Hall–Kier alpha value is -2.33. The number of nitrogens with zero attached hydrogens (tertiary/aromatic N) is 1. The van der Waals surface area contributed by atoms with Crippen LogP contribution in [-0.2, 0) is 35.7 Å². The van der Waals surface area contributed by atoms with Crippen LogP contribution in [0, 0.1) is 24.8 Å². The summed E-state index contributed by atoms with van der Waals surface area (Å²) in [5.41, 5.74) is 7.05. The molecule has 0 amide bonds. The summed E-state index contributed by atoms with van der Waals surface area (Å²) in [6, 6.07) is 16.2. The van der Waals surface area contributed by atoms with Crippen molar-refractivity contribution in [2.24, 2.45) is 11.8 Å². The fourth-order valence-corrected chi connectivity index (χ4v) is 8.28. The number of allylic oxidation sites excluding steroid dienone is 2. The number of aliphatic hydroxyl groups is 1. The molecule has 0 bridgehead atoms. The van der Waals surface area contributed by atoms with Crippen molar-refractivity contribution in [3.63, 3.8) is 0 Å². The van der Waals surface area contributed by atoms with Gasteiger partial charge in [-0.05, 0) is 84.4 Å². The number of aliphatic hydroxyl groups excluding tert-OH is 1. The molecule has 1 N–H and O–H groups in total. The van der Waals surface area contributed by atoms with Gasteiger partial charge in [0.2, 0.25) is 0 Å². The zero-order chi connectivity index (χ0) is 31.5. The van der Waals surface area contributed by atoms with E-state index in [9.17, 15) is 9.90 Å². The van der Waals surface area contributed by atoms with Gasteiger partial charge in [-0.15, -0.1) is 47.2 Å². The number of benzene rings is 2. The molecule has 1 radical (unpaired) electrons. The first-order chi connectivity index (χ1) is 20.4. The van der Waals surface area contributed by atoms with Gasteiger partial charge in [0.05, 0.1) is 5.76 Å². The molecule has 1 aliphatic carbocycles. The zero-order valence-corrected chi connectivity index (χ0v) is 31.3. The van der Waals surface area contributed by atoms with Crippen LogP contribution >= 0.6 is 11.3 Å². The minimum absolute atomic E-state index is 0. The first kappa shape index (κ1) is 36.1. The largest absolute Gasteiger partial charge is 0.512 e. The minimum Gasteiger partial charge on any atom is -0.512 e. The number of fused-ring (bicyclic) bond motifs is 5.